The fraction of sp³-hybridized carbons (Fsp3) is 0.300. The van der Waals surface area contributed by atoms with Crippen molar-refractivity contribution in [3.05, 3.63) is 42.3 Å². The summed E-state index contributed by atoms with van der Waals surface area (Å²) in [6.45, 7) is 7.97. The van der Waals surface area contributed by atoms with Gasteiger partial charge in [-0.2, -0.15) is 0 Å². The van der Waals surface area contributed by atoms with Crippen LogP contribution in [-0.4, -0.2) is 6.54 Å². The maximum absolute atomic E-state index is 3.93. The maximum atomic E-state index is 3.93. The Morgan fingerprint density at radius 1 is 1.36 bits per heavy atom. The van der Waals surface area contributed by atoms with E-state index in [9.17, 15) is 0 Å². The summed E-state index contributed by atoms with van der Waals surface area (Å²) in [5, 5.41) is 3.27. The first-order valence-electron chi connectivity index (χ1n) is 3.95. The molecule has 0 aliphatic heterocycles. The minimum atomic E-state index is 0.927. The summed E-state index contributed by atoms with van der Waals surface area (Å²) in [5.74, 6) is 0. The summed E-state index contributed by atoms with van der Waals surface area (Å²) in [6, 6.07) is 8.19. The van der Waals surface area contributed by atoms with Gasteiger partial charge in [0.05, 0.1) is 0 Å². The van der Waals surface area contributed by atoms with Crippen LogP contribution >= 0.6 is 0 Å². The van der Waals surface area contributed by atoms with Crippen LogP contribution in [0.3, 0.4) is 0 Å². The van der Waals surface area contributed by atoms with E-state index in [1.54, 1.807) is 0 Å². The lowest BCUT2D eigenvalue weighted by Crippen LogP contribution is -2.12. The van der Waals surface area contributed by atoms with Crippen LogP contribution in [-0.2, 0) is 6.54 Å². The topological polar surface area (TPSA) is 12.0 Å². The smallest absolute Gasteiger partial charge is 0.0208 e. The van der Waals surface area contributed by atoms with E-state index < -0.39 is 0 Å². The number of hydrogen-bond donors (Lipinski definition) is 1. The molecule has 0 bridgehead atoms. The molecule has 1 radical (unpaired) electrons. The molecule has 1 aromatic rings. The largest absolute Gasteiger partial charge is 0.313 e. The van der Waals surface area contributed by atoms with E-state index in [-0.39, 0.29) is 0 Å². The summed E-state index contributed by atoms with van der Waals surface area (Å²) in [6.07, 6.45) is 0. The van der Waals surface area contributed by atoms with E-state index in [4.69, 9.17) is 0 Å². The number of rotatable bonds is 3. The van der Waals surface area contributed by atoms with Gasteiger partial charge in [0.2, 0.25) is 0 Å². The fourth-order valence-electron chi connectivity index (χ4n) is 0.990. The lowest BCUT2D eigenvalue weighted by Gasteiger charge is -2.04. The van der Waals surface area contributed by atoms with Crippen molar-refractivity contribution in [1.29, 1.82) is 0 Å². The van der Waals surface area contributed by atoms with Crippen LogP contribution in [0.4, 0.5) is 0 Å². The van der Waals surface area contributed by atoms with Gasteiger partial charge in [-0.25, -0.2) is 0 Å². The normalized spacial score (nSPS) is 10.0. The van der Waals surface area contributed by atoms with Crippen molar-refractivity contribution in [1.82, 2.24) is 5.32 Å². The number of benzene rings is 1. The molecule has 0 atom stereocenters. The molecule has 1 nitrogen and oxygen atoms in total. The molecule has 0 aliphatic carbocycles. The molecule has 0 aromatic heterocycles. The van der Waals surface area contributed by atoms with Crippen molar-refractivity contribution in [2.45, 2.75) is 13.5 Å². The highest BCUT2D eigenvalue weighted by Gasteiger charge is 1.93. The van der Waals surface area contributed by atoms with E-state index in [0.29, 0.717) is 0 Å². The summed E-state index contributed by atoms with van der Waals surface area (Å²) >= 11 is 0. The lowest BCUT2D eigenvalue weighted by atomic mass is 10.1. The first kappa shape index (κ1) is 8.28. The molecule has 59 valence electrons. The third-order valence-corrected chi connectivity index (χ3v) is 1.68. The van der Waals surface area contributed by atoms with Crippen LogP contribution in [0.15, 0.2) is 24.3 Å². The second-order valence-corrected chi connectivity index (χ2v) is 2.55. The quantitative estimate of drug-likeness (QED) is 0.691. The highest BCUT2D eigenvalue weighted by Crippen LogP contribution is 2.05. The Balaban J connectivity index is 2.62. The molecule has 0 amide bonds. The Morgan fingerprint density at radius 3 is 2.73 bits per heavy atom. The molecule has 0 saturated carbocycles. The minimum absolute atomic E-state index is 0.927. The second kappa shape index (κ2) is 4.14. The van der Waals surface area contributed by atoms with Crippen molar-refractivity contribution < 1.29 is 0 Å². The van der Waals surface area contributed by atoms with E-state index in [0.717, 1.165) is 18.7 Å². The Morgan fingerprint density at radius 2 is 2.09 bits per heavy atom. The molecule has 1 aromatic carbocycles. The van der Waals surface area contributed by atoms with E-state index in [2.05, 4.69) is 25.2 Å². The van der Waals surface area contributed by atoms with Crippen LogP contribution in [0.2, 0.25) is 0 Å². The van der Waals surface area contributed by atoms with Gasteiger partial charge in [0.1, 0.15) is 0 Å². The molecule has 0 saturated heterocycles. The van der Waals surface area contributed by atoms with Crippen molar-refractivity contribution >= 4 is 0 Å². The second-order valence-electron chi connectivity index (χ2n) is 2.55. The van der Waals surface area contributed by atoms with Crippen LogP contribution in [0.5, 0.6) is 0 Å². The van der Waals surface area contributed by atoms with Crippen molar-refractivity contribution in [2.75, 3.05) is 6.54 Å². The van der Waals surface area contributed by atoms with Gasteiger partial charge in [0.25, 0.3) is 0 Å². The van der Waals surface area contributed by atoms with Gasteiger partial charge in [-0.1, -0.05) is 31.2 Å². The monoisotopic (exact) mass is 148 g/mol. The van der Waals surface area contributed by atoms with Gasteiger partial charge in [-0.3, -0.25) is 0 Å². The summed E-state index contributed by atoms with van der Waals surface area (Å²) in [4.78, 5) is 0. The Bertz CT molecular complexity index is 218. The van der Waals surface area contributed by atoms with Crippen LogP contribution in [0.25, 0.3) is 0 Å². The van der Waals surface area contributed by atoms with E-state index in [1.807, 2.05) is 18.2 Å². The van der Waals surface area contributed by atoms with Gasteiger partial charge in [-0.15, -0.1) is 0 Å². The molecule has 0 aliphatic rings. The van der Waals surface area contributed by atoms with Crippen LogP contribution < -0.4 is 5.32 Å². The van der Waals surface area contributed by atoms with Gasteiger partial charge in [-0.05, 0) is 24.6 Å². The molecule has 1 heteroatoms. The molecule has 0 unspecified atom stereocenters. The van der Waals surface area contributed by atoms with Gasteiger partial charge in [0, 0.05) is 6.54 Å². The van der Waals surface area contributed by atoms with E-state index in [1.165, 1.54) is 5.56 Å². The van der Waals surface area contributed by atoms with Gasteiger partial charge in [0.15, 0.2) is 0 Å². The minimum Gasteiger partial charge on any atom is -0.313 e. The van der Waals surface area contributed by atoms with Gasteiger partial charge >= 0.3 is 0 Å². The molecule has 1 rings (SSSR count). The zero-order chi connectivity index (χ0) is 8.10. The molecule has 0 fully saturated rings. The first-order valence-corrected chi connectivity index (χ1v) is 3.95. The average molecular weight is 148 g/mol. The zero-order valence-corrected chi connectivity index (χ0v) is 6.93. The predicted molar refractivity (Wildman–Crippen MR) is 48.3 cm³/mol. The van der Waals surface area contributed by atoms with Crippen molar-refractivity contribution in [3.63, 3.8) is 0 Å². The van der Waals surface area contributed by atoms with Crippen molar-refractivity contribution in [3.8, 4) is 0 Å². The molecule has 0 spiro atoms. The first-order chi connectivity index (χ1) is 5.34. The molecule has 0 heterocycles. The number of nitrogens with one attached hydrogen (secondary N) is 1. The van der Waals surface area contributed by atoms with Crippen molar-refractivity contribution in [2.24, 2.45) is 0 Å². The lowest BCUT2D eigenvalue weighted by molar-refractivity contribution is 0.725. The molecule has 11 heavy (non-hydrogen) atoms. The zero-order valence-electron chi connectivity index (χ0n) is 6.93. The highest BCUT2D eigenvalue weighted by molar-refractivity contribution is 5.28. The third-order valence-electron chi connectivity index (χ3n) is 1.68. The summed E-state index contributed by atoms with van der Waals surface area (Å²) in [7, 11) is 0. The average Bonchev–Trinajstić information content (AvgIpc) is 2.03. The molecular formula is C10H14N. The van der Waals surface area contributed by atoms with Gasteiger partial charge < -0.3 is 5.32 Å². The number of hydrogen-bond acceptors (Lipinski definition) is 1. The Kier molecular flexibility index (Phi) is 3.12. The summed E-state index contributed by atoms with van der Waals surface area (Å²) in [5.41, 5.74) is 2.41. The summed E-state index contributed by atoms with van der Waals surface area (Å²) < 4.78 is 0. The molecular weight excluding hydrogens is 134 g/mol. The van der Waals surface area contributed by atoms with Crippen LogP contribution in [0, 0.1) is 6.92 Å². The Labute approximate surface area is 68.4 Å². The molecule has 1 N–H and O–H groups in total. The van der Waals surface area contributed by atoms with E-state index >= 15 is 0 Å². The SMILES string of the molecule is [CH2]c1ccccc1CNCC. The predicted octanol–water partition coefficient (Wildman–Crippen LogP) is 1.98. The highest BCUT2D eigenvalue weighted by atomic mass is 14.8. The Hall–Kier alpha value is -0.820. The maximum Gasteiger partial charge on any atom is 0.0208 e. The van der Waals surface area contributed by atoms with Crippen LogP contribution in [0.1, 0.15) is 18.1 Å². The fourth-order valence-corrected chi connectivity index (χ4v) is 0.990. The third kappa shape index (κ3) is 2.35. The standard InChI is InChI=1S/C10H14N/c1-3-11-8-10-7-5-4-6-9(10)2/h4-7,11H,2-3,8H2,1H3.